The van der Waals surface area contributed by atoms with Crippen LogP contribution < -0.4 is 5.32 Å². The van der Waals surface area contributed by atoms with Crippen LogP contribution in [0.25, 0.3) is 0 Å². The molecule has 1 nitrogen and oxygen atoms in total. The molecule has 0 amide bonds. The molecule has 0 bridgehead atoms. The van der Waals surface area contributed by atoms with Crippen LogP contribution in [-0.2, 0) is 0 Å². The number of hydrogen-bond donors (Lipinski definition) is 1. The molecule has 0 atom stereocenters. The highest BCUT2D eigenvalue weighted by Crippen LogP contribution is 2.26. The number of hydrogen-bond acceptors (Lipinski definition) is 1. The van der Waals surface area contributed by atoms with Crippen LogP contribution in [0, 0.1) is 0 Å². The maximum atomic E-state index is 3.65. The average Bonchev–Trinajstić information content (AvgIpc) is 2.31. The molecule has 1 saturated carbocycles. The van der Waals surface area contributed by atoms with Crippen molar-refractivity contribution in [3.63, 3.8) is 0 Å². The standard InChI is InChI=1S/C12H23N/c1-3-4-11-13-12(2)9-7-5-6-8-10-12/h3-4,13H,5-11H2,1-2H3/b4-3+. The highest BCUT2D eigenvalue weighted by molar-refractivity contribution is 4.89. The van der Waals surface area contributed by atoms with Gasteiger partial charge < -0.3 is 5.32 Å². The van der Waals surface area contributed by atoms with Gasteiger partial charge in [-0.25, -0.2) is 0 Å². The number of nitrogens with one attached hydrogen (secondary N) is 1. The quantitative estimate of drug-likeness (QED) is 0.520. The largest absolute Gasteiger partial charge is 0.308 e. The zero-order valence-electron chi connectivity index (χ0n) is 9.10. The molecule has 1 rings (SSSR count). The predicted octanol–water partition coefficient (Wildman–Crippen LogP) is 3.27. The van der Waals surface area contributed by atoms with Gasteiger partial charge in [0.1, 0.15) is 0 Å². The van der Waals surface area contributed by atoms with Gasteiger partial charge in [0.05, 0.1) is 0 Å². The fourth-order valence-corrected chi connectivity index (χ4v) is 2.11. The Morgan fingerprint density at radius 1 is 1.15 bits per heavy atom. The second-order valence-electron chi connectivity index (χ2n) is 4.42. The van der Waals surface area contributed by atoms with Crippen LogP contribution in [0.1, 0.15) is 52.4 Å². The first kappa shape index (κ1) is 10.8. The lowest BCUT2D eigenvalue weighted by Crippen LogP contribution is -2.41. The summed E-state index contributed by atoms with van der Waals surface area (Å²) in [4.78, 5) is 0. The lowest BCUT2D eigenvalue weighted by Gasteiger charge is -2.29. The fourth-order valence-electron chi connectivity index (χ4n) is 2.11. The summed E-state index contributed by atoms with van der Waals surface area (Å²) in [7, 11) is 0. The predicted molar refractivity (Wildman–Crippen MR) is 58.9 cm³/mol. The normalized spacial score (nSPS) is 23.2. The Kier molecular flexibility index (Phi) is 4.51. The molecule has 0 spiro atoms. The maximum absolute atomic E-state index is 3.65. The molecule has 0 aromatic heterocycles. The number of allylic oxidation sites excluding steroid dienone is 1. The van der Waals surface area contributed by atoms with Crippen LogP contribution in [0.3, 0.4) is 0 Å². The van der Waals surface area contributed by atoms with Gasteiger partial charge in [-0.05, 0) is 26.7 Å². The molecule has 0 aromatic carbocycles. The molecule has 0 aliphatic heterocycles. The summed E-state index contributed by atoms with van der Waals surface area (Å²) in [5.74, 6) is 0. The lowest BCUT2D eigenvalue weighted by molar-refractivity contribution is 0.326. The lowest BCUT2D eigenvalue weighted by atomic mass is 9.93. The molecule has 1 heteroatoms. The van der Waals surface area contributed by atoms with Crippen molar-refractivity contribution in [1.82, 2.24) is 5.32 Å². The molecule has 1 fully saturated rings. The Balaban J connectivity index is 2.33. The zero-order chi connectivity index (χ0) is 9.57. The van der Waals surface area contributed by atoms with Crippen molar-refractivity contribution in [2.45, 2.75) is 57.9 Å². The van der Waals surface area contributed by atoms with Crippen molar-refractivity contribution in [3.8, 4) is 0 Å². The summed E-state index contributed by atoms with van der Waals surface area (Å²) < 4.78 is 0. The van der Waals surface area contributed by atoms with E-state index in [1.54, 1.807) is 0 Å². The highest BCUT2D eigenvalue weighted by Gasteiger charge is 2.23. The van der Waals surface area contributed by atoms with Gasteiger partial charge in [-0.1, -0.05) is 37.8 Å². The Labute approximate surface area is 82.6 Å². The molecule has 13 heavy (non-hydrogen) atoms. The Morgan fingerprint density at radius 3 is 2.31 bits per heavy atom. The van der Waals surface area contributed by atoms with Crippen LogP contribution in [0.15, 0.2) is 12.2 Å². The fraction of sp³-hybridized carbons (Fsp3) is 0.833. The van der Waals surface area contributed by atoms with Gasteiger partial charge in [-0.15, -0.1) is 0 Å². The van der Waals surface area contributed by atoms with E-state index in [2.05, 4.69) is 31.3 Å². The minimum Gasteiger partial charge on any atom is -0.308 e. The van der Waals surface area contributed by atoms with E-state index in [0.29, 0.717) is 5.54 Å². The molecule has 1 N–H and O–H groups in total. The van der Waals surface area contributed by atoms with E-state index in [9.17, 15) is 0 Å². The second-order valence-corrected chi connectivity index (χ2v) is 4.42. The van der Waals surface area contributed by atoms with Crippen molar-refractivity contribution in [2.75, 3.05) is 6.54 Å². The van der Waals surface area contributed by atoms with Crippen molar-refractivity contribution < 1.29 is 0 Å². The summed E-state index contributed by atoms with van der Waals surface area (Å²) in [6.45, 7) is 5.49. The van der Waals surface area contributed by atoms with Gasteiger partial charge >= 0.3 is 0 Å². The van der Waals surface area contributed by atoms with E-state index in [1.807, 2.05) is 0 Å². The average molecular weight is 181 g/mol. The third-order valence-electron chi connectivity index (χ3n) is 3.09. The van der Waals surface area contributed by atoms with E-state index in [4.69, 9.17) is 0 Å². The zero-order valence-corrected chi connectivity index (χ0v) is 9.10. The van der Waals surface area contributed by atoms with Crippen molar-refractivity contribution in [2.24, 2.45) is 0 Å². The van der Waals surface area contributed by atoms with E-state index < -0.39 is 0 Å². The molecule has 0 unspecified atom stereocenters. The van der Waals surface area contributed by atoms with Gasteiger partial charge in [-0.3, -0.25) is 0 Å². The third-order valence-corrected chi connectivity index (χ3v) is 3.09. The SMILES string of the molecule is C/C=C/CNC1(C)CCCCCC1. The second kappa shape index (κ2) is 5.43. The molecule has 0 heterocycles. The Bertz CT molecular complexity index is 153. The van der Waals surface area contributed by atoms with Gasteiger partial charge in [0.25, 0.3) is 0 Å². The van der Waals surface area contributed by atoms with Crippen LogP contribution in [0.4, 0.5) is 0 Å². The summed E-state index contributed by atoms with van der Waals surface area (Å²) >= 11 is 0. The first-order valence-corrected chi connectivity index (χ1v) is 5.63. The van der Waals surface area contributed by atoms with Gasteiger partial charge in [0, 0.05) is 12.1 Å². The van der Waals surface area contributed by atoms with Crippen LogP contribution in [0.2, 0.25) is 0 Å². The van der Waals surface area contributed by atoms with Gasteiger partial charge in [-0.2, -0.15) is 0 Å². The van der Waals surface area contributed by atoms with E-state index in [-0.39, 0.29) is 0 Å². The first-order chi connectivity index (χ1) is 6.27. The van der Waals surface area contributed by atoms with E-state index in [0.717, 1.165) is 6.54 Å². The van der Waals surface area contributed by atoms with Crippen molar-refractivity contribution in [1.29, 1.82) is 0 Å². The topological polar surface area (TPSA) is 12.0 Å². The summed E-state index contributed by atoms with van der Waals surface area (Å²) in [6.07, 6.45) is 12.7. The molecule has 1 aliphatic rings. The van der Waals surface area contributed by atoms with Crippen LogP contribution >= 0.6 is 0 Å². The monoisotopic (exact) mass is 181 g/mol. The molecular weight excluding hydrogens is 158 g/mol. The molecular formula is C12H23N. The first-order valence-electron chi connectivity index (χ1n) is 5.63. The molecule has 0 radical (unpaired) electrons. The van der Waals surface area contributed by atoms with E-state index >= 15 is 0 Å². The number of rotatable bonds is 3. The summed E-state index contributed by atoms with van der Waals surface area (Å²) in [5.41, 5.74) is 0.413. The summed E-state index contributed by atoms with van der Waals surface area (Å²) in [6, 6.07) is 0. The Hall–Kier alpha value is -0.300. The minimum atomic E-state index is 0.413. The maximum Gasteiger partial charge on any atom is 0.0156 e. The molecule has 1 aliphatic carbocycles. The van der Waals surface area contributed by atoms with Gasteiger partial charge in [0.2, 0.25) is 0 Å². The van der Waals surface area contributed by atoms with Crippen molar-refractivity contribution in [3.05, 3.63) is 12.2 Å². The van der Waals surface area contributed by atoms with Crippen LogP contribution in [-0.4, -0.2) is 12.1 Å². The highest BCUT2D eigenvalue weighted by atomic mass is 15.0. The van der Waals surface area contributed by atoms with Crippen LogP contribution in [0.5, 0.6) is 0 Å². The Morgan fingerprint density at radius 2 is 1.77 bits per heavy atom. The molecule has 0 saturated heterocycles. The smallest absolute Gasteiger partial charge is 0.0156 e. The third kappa shape index (κ3) is 3.95. The minimum absolute atomic E-state index is 0.413. The molecule has 0 aromatic rings. The van der Waals surface area contributed by atoms with Gasteiger partial charge in [0.15, 0.2) is 0 Å². The van der Waals surface area contributed by atoms with E-state index in [1.165, 1.54) is 38.5 Å². The molecule has 76 valence electrons. The summed E-state index contributed by atoms with van der Waals surface area (Å²) in [5, 5.41) is 3.65. The van der Waals surface area contributed by atoms with Crippen molar-refractivity contribution >= 4 is 0 Å².